The molecule has 0 spiro atoms. The van der Waals surface area contributed by atoms with E-state index in [-0.39, 0.29) is 18.3 Å². The molecule has 1 aliphatic heterocycles. The van der Waals surface area contributed by atoms with E-state index in [0.717, 1.165) is 6.42 Å². The van der Waals surface area contributed by atoms with Gasteiger partial charge in [0.15, 0.2) is 0 Å². The van der Waals surface area contributed by atoms with E-state index in [2.05, 4.69) is 13.8 Å². The van der Waals surface area contributed by atoms with E-state index in [1.165, 1.54) is 38.5 Å². The number of hydrogen-bond donors (Lipinski definition) is 1. The Balaban J connectivity index is 2.30. The fourth-order valence-electron chi connectivity index (χ4n) is 2.31. The molecule has 0 saturated carbocycles. The number of hydrogen-bond acceptors (Lipinski definition) is 2. The number of ether oxygens (including phenoxy) is 1. The summed E-state index contributed by atoms with van der Waals surface area (Å²) in [5.41, 5.74) is 0.138. The molecule has 1 atom stereocenters. The van der Waals surface area contributed by atoms with Gasteiger partial charge in [-0.1, -0.05) is 39.5 Å². The normalized spacial score (nSPS) is 24.6. The molecule has 2 nitrogen and oxygen atoms in total. The average Bonchev–Trinajstić information content (AvgIpc) is 2.16. The van der Waals surface area contributed by atoms with Crippen molar-refractivity contribution in [1.29, 1.82) is 0 Å². The zero-order chi connectivity index (χ0) is 10.4. The van der Waals surface area contributed by atoms with Gasteiger partial charge in [-0.25, -0.2) is 0 Å². The summed E-state index contributed by atoms with van der Waals surface area (Å²) in [4.78, 5) is 0. The quantitative estimate of drug-likeness (QED) is 0.684. The lowest BCUT2D eigenvalue weighted by molar-refractivity contribution is -0.224. The van der Waals surface area contributed by atoms with E-state index >= 15 is 0 Å². The molecule has 0 aliphatic carbocycles. The van der Waals surface area contributed by atoms with E-state index in [4.69, 9.17) is 9.84 Å². The van der Waals surface area contributed by atoms with Crippen LogP contribution < -0.4 is 0 Å². The van der Waals surface area contributed by atoms with E-state index < -0.39 is 0 Å². The Morgan fingerprint density at radius 2 is 1.71 bits per heavy atom. The standard InChI is InChI=1S/C12H24O2/c1-3-5-7-12(8-6-4-2)9-11(10-13)14-12/h11,13H,3-10H2,1-2H3. The Morgan fingerprint density at radius 3 is 2.07 bits per heavy atom. The van der Waals surface area contributed by atoms with Gasteiger partial charge < -0.3 is 9.84 Å². The predicted octanol–water partition coefficient (Wildman–Crippen LogP) is 2.89. The van der Waals surface area contributed by atoms with Crippen LogP contribution >= 0.6 is 0 Å². The van der Waals surface area contributed by atoms with Crippen molar-refractivity contribution in [3.63, 3.8) is 0 Å². The highest BCUT2D eigenvalue weighted by Gasteiger charge is 2.43. The minimum Gasteiger partial charge on any atom is -0.394 e. The summed E-state index contributed by atoms with van der Waals surface area (Å²) < 4.78 is 5.83. The Kier molecular flexibility index (Phi) is 4.90. The first-order chi connectivity index (χ1) is 6.76. The summed E-state index contributed by atoms with van der Waals surface area (Å²) in [5.74, 6) is 0. The van der Waals surface area contributed by atoms with Crippen LogP contribution in [0.4, 0.5) is 0 Å². The molecule has 1 rings (SSSR count). The van der Waals surface area contributed by atoms with Crippen LogP contribution in [-0.2, 0) is 4.74 Å². The Morgan fingerprint density at radius 1 is 1.21 bits per heavy atom. The molecular weight excluding hydrogens is 176 g/mol. The molecule has 1 N–H and O–H groups in total. The second-order valence-electron chi connectivity index (χ2n) is 4.52. The molecule has 0 bridgehead atoms. The van der Waals surface area contributed by atoms with Crippen molar-refractivity contribution >= 4 is 0 Å². The summed E-state index contributed by atoms with van der Waals surface area (Å²) in [6, 6.07) is 0. The van der Waals surface area contributed by atoms with Crippen LogP contribution in [0.5, 0.6) is 0 Å². The summed E-state index contributed by atoms with van der Waals surface area (Å²) in [6.45, 7) is 4.63. The van der Waals surface area contributed by atoms with Gasteiger partial charge in [0.05, 0.1) is 18.3 Å². The van der Waals surface area contributed by atoms with Crippen LogP contribution in [0.25, 0.3) is 0 Å². The molecular formula is C12H24O2. The van der Waals surface area contributed by atoms with Crippen molar-refractivity contribution in [3.05, 3.63) is 0 Å². The van der Waals surface area contributed by atoms with Crippen molar-refractivity contribution < 1.29 is 9.84 Å². The second-order valence-corrected chi connectivity index (χ2v) is 4.52. The van der Waals surface area contributed by atoms with Gasteiger partial charge in [0, 0.05) is 6.42 Å². The Hall–Kier alpha value is -0.0800. The minimum absolute atomic E-state index is 0.128. The molecule has 84 valence electrons. The van der Waals surface area contributed by atoms with E-state index in [0.29, 0.717) is 0 Å². The summed E-state index contributed by atoms with van der Waals surface area (Å²) in [6.07, 6.45) is 8.54. The van der Waals surface area contributed by atoms with E-state index in [1.807, 2.05) is 0 Å². The molecule has 1 saturated heterocycles. The van der Waals surface area contributed by atoms with Crippen molar-refractivity contribution in [2.24, 2.45) is 0 Å². The monoisotopic (exact) mass is 200 g/mol. The summed E-state index contributed by atoms with van der Waals surface area (Å²) in [7, 11) is 0. The fraction of sp³-hybridized carbons (Fsp3) is 1.00. The molecule has 1 heterocycles. The number of aliphatic hydroxyl groups is 1. The molecule has 0 aromatic carbocycles. The first-order valence-electron chi connectivity index (χ1n) is 6.05. The molecule has 0 radical (unpaired) electrons. The molecule has 1 fully saturated rings. The molecule has 1 aliphatic rings. The van der Waals surface area contributed by atoms with Crippen LogP contribution in [0.1, 0.15) is 58.8 Å². The molecule has 0 aromatic rings. The SMILES string of the molecule is CCCCC1(CCCC)CC(CO)O1. The van der Waals surface area contributed by atoms with Crippen LogP contribution in [0, 0.1) is 0 Å². The zero-order valence-electron chi connectivity index (χ0n) is 9.59. The summed E-state index contributed by atoms with van der Waals surface area (Å²) >= 11 is 0. The maximum atomic E-state index is 8.94. The maximum Gasteiger partial charge on any atom is 0.0840 e. The van der Waals surface area contributed by atoms with Crippen molar-refractivity contribution in [2.75, 3.05) is 6.61 Å². The van der Waals surface area contributed by atoms with Crippen LogP contribution in [-0.4, -0.2) is 23.4 Å². The van der Waals surface area contributed by atoms with E-state index in [9.17, 15) is 0 Å². The van der Waals surface area contributed by atoms with Gasteiger partial charge in [0.1, 0.15) is 0 Å². The first-order valence-corrected chi connectivity index (χ1v) is 6.05. The molecule has 0 aromatic heterocycles. The van der Waals surface area contributed by atoms with Crippen molar-refractivity contribution in [1.82, 2.24) is 0 Å². The lowest BCUT2D eigenvalue weighted by Crippen LogP contribution is -2.51. The topological polar surface area (TPSA) is 29.5 Å². The molecule has 2 heteroatoms. The highest BCUT2D eigenvalue weighted by molar-refractivity contribution is 4.93. The van der Waals surface area contributed by atoms with Crippen LogP contribution in [0.2, 0.25) is 0 Å². The summed E-state index contributed by atoms with van der Waals surface area (Å²) in [5, 5.41) is 8.94. The minimum atomic E-state index is 0.128. The lowest BCUT2D eigenvalue weighted by Gasteiger charge is -2.48. The Bertz CT molecular complexity index is 133. The Labute approximate surface area is 87.7 Å². The van der Waals surface area contributed by atoms with Gasteiger partial charge >= 0.3 is 0 Å². The van der Waals surface area contributed by atoms with Gasteiger partial charge in [-0.15, -0.1) is 0 Å². The number of aliphatic hydroxyl groups excluding tert-OH is 1. The van der Waals surface area contributed by atoms with Crippen molar-refractivity contribution in [3.8, 4) is 0 Å². The molecule has 14 heavy (non-hydrogen) atoms. The highest BCUT2D eigenvalue weighted by atomic mass is 16.5. The lowest BCUT2D eigenvalue weighted by atomic mass is 9.80. The molecule has 0 amide bonds. The van der Waals surface area contributed by atoms with E-state index in [1.54, 1.807) is 0 Å². The highest BCUT2D eigenvalue weighted by Crippen LogP contribution is 2.40. The van der Waals surface area contributed by atoms with Crippen LogP contribution in [0.15, 0.2) is 0 Å². The van der Waals surface area contributed by atoms with Crippen molar-refractivity contribution in [2.45, 2.75) is 70.5 Å². The van der Waals surface area contributed by atoms with Gasteiger partial charge in [-0.3, -0.25) is 0 Å². The third kappa shape index (κ3) is 2.96. The second kappa shape index (κ2) is 5.72. The van der Waals surface area contributed by atoms with Gasteiger partial charge in [0.25, 0.3) is 0 Å². The largest absolute Gasteiger partial charge is 0.394 e. The zero-order valence-corrected chi connectivity index (χ0v) is 9.59. The number of unbranched alkanes of at least 4 members (excludes halogenated alkanes) is 2. The third-order valence-corrected chi connectivity index (χ3v) is 3.19. The average molecular weight is 200 g/mol. The first kappa shape index (κ1) is 12.0. The smallest absolute Gasteiger partial charge is 0.0840 e. The fourth-order valence-corrected chi connectivity index (χ4v) is 2.31. The number of rotatable bonds is 7. The molecule has 1 unspecified atom stereocenters. The van der Waals surface area contributed by atoms with Gasteiger partial charge in [-0.05, 0) is 12.8 Å². The predicted molar refractivity (Wildman–Crippen MR) is 58.4 cm³/mol. The van der Waals surface area contributed by atoms with Gasteiger partial charge in [-0.2, -0.15) is 0 Å². The maximum absolute atomic E-state index is 8.94. The van der Waals surface area contributed by atoms with Crippen LogP contribution in [0.3, 0.4) is 0 Å². The third-order valence-electron chi connectivity index (χ3n) is 3.19. The van der Waals surface area contributed by atoms with Gasteiger partial charge in [0.2, 0.25) is 0 Å².